The Morgan fingerprint density at radius 3 is 2.09 bits per heavy atom. The van der Waals surface area contributed by atoms with Gasteiger partial charge in [-0.05, 0) is 36.5 Å². The molecule has 0 unspecified atom stereocenters. The number of rotatable bonds is 4. The molecule has 0 aliphatic heterocycles. The van der Waals surface area contributed by atoms with Gasteiger partial charge in [-0.1, -0.05) is 0 Å². The van der Waals surface area contributed by atoms with E-state index in [1.807, 2.05) is 0 Å². The number of thiocarbonyl (C=S) groups is 1. The maximum absolute atomic E-state index is 13.2. The molecular weight excluding hydrogens is 327 g/mol. The second-order valence-corrected chi connectivity index (χ2v) is 4.71. The van der Waals surface area contributed by atoms with E-state index in [9.17, 15) is 24.6 Å². The normalized spacial score (nSPS) is 9.96. The second kappa shape index (κ2) is 6.75. The van der Waals surface area contributed by atoms with E-state index >= 15 is 0 Å². The Bertz CT molecular complexity index is 782. The summed E-state index contributed by atoms with van der Waals surface area (Å²) in [5.41, 5.74) is -0.0149. The van der Waals surface area contributed by atoms with E-state index in [0.29, 0.717) is 5.69 Å². The molecule has 2 aromatic carbocycles. The second-order valence-electron chi connectivity index (χ2n) is 4.31. The van der Waals surface area contributed by atoms with Gasteiger partial charge in [0.1, 0.15) is 0 Å². The Morgan fingerprint density at radius 2 is 1.52 bits per heavy atom. The number of nitrogens with one attached hydrogen (secondary N) is 2. The molecule has 0 aromatic heterocycles. The number of non-ortho nitro benzene ring substituents is 1. The van der Waals surface area contributed by atoms with Gasteiger partial charge < -0.3 is 10.6 Å². The van der Waals surface area contributed by atoms with Gasteiger partial charge >= 0.3 is 5.69 Å². The third-order valence-electron chi connectivity index (χ3n) is 2.74. The number of nitrogens with zero attached hydrogens (tertiary/aromatic N) is 2. The minimum Gasteiger partial charge on any atom is -0.332 e. The zero-order valence-electron chi connectivity index (χ0n) is 11.4. The fourth-order valence-corrected chi connectivity index (χ4v) is 1.93. The third kappa shape index (κ3) is 4.17. The Labute approximate surface area is 134 Å². The van der Waals surface area contributed by atoms with Crippen molar-refractivity contribution in [1.29, 1.82) is 0 Å². The van der Waals surface area contributed by atoms with Crippen molar-refractivity contribution in [2.75, 3.05) is 10.6 Å². The van der Waals surface area contributed by atoms with Crippen LogP contribution in [0.15, 0.2) is 42.5 Å². The van der Waals surface area contributed by atoms with Gasteiger partial charge in [0.15, 0.2) is 5.11 Å². The van der Waals surface area contributed by atoms with Crippen LogP contribution in [0.2, 0.25) is 0 Å². The molecule has 0 atom stereocenters. The number of anilines is 2. The predicted molar refractivity (Wildman–Crippen MR) is 86.0 cm³/mol. The summed E-state index contributed by atoms with van der Waals surface area (Å²) in [6.45, 7) is 0. The van der Waals surface area contributed by atoms with E-state index in [4.69, 9.17) is 12.2 Å². The van der Waals surface area contributed by atoms with Crippen molar-refractivity contribution >= 4 is 40.1 Å². The van der Waals surface area contributed by atoms with Gasteiger partial charge in [0.05, 0.1) is 9.85 Å². The Morgan fingerprint density at radius 1 is 0.957 bits per heavy atom. The smallest absolute Gasteiger partial charge is 0.306 e. The van der Waals surface area contributed by atoms with Crippen molar-refractivity contribution in [2.24, 2.45) is 0 Å². The molecule has 0 aliphatic carbocycles. The minimum atomic E-state index is -0.949. The zero-order chi connectivity index (χ0) is 17.0. The Kier molecular flexibility index (Phi) is 4.76. The van der Waals surface area contributed by atoms with Crippen LogP contribution in [-0.2, 0) is 0 Å². The lowest BCUT2D eigenvalue weighted by atomic mass is 10.2. The lowest BCUT2D eigenvalue weighted by Gasteiger charge is -2.10. The first-order valence-corrected chi connectivity index (χ1v) is 6.54. The molecule has 2 aromatic rings. The summed E-state index contributed by atoms with van der Waals surface area (Å²) < 4.78 is 13.2. The highest BCUT2D eigenvalue weighted by molar-refractivity contribution is 7.80. The average Bonchev–Trinajstić information content (AvgIpc) is 2.49. The predicted octanol–water partition coefficient (Wildman–Crippen LogP) is 3.45. The number of hydrogen-bond donors (Lipinski definition) is 2. The van der Waals surface area contributed by atoms with Crippen LogP contribution in [0.3, 0.4) is 0 Å². The summed E-state index contributed by atoms with van der Waals surface area (Å²) >= 11 is 5.02. The summed E-state index contributed by atoms with van der Waals surface area (Å²) in [7, 11) is 0. The van der Waals surface area contributed by atoms with E-state index in [2.05, 4.69) is 10.6 Å². The number of halogens is 1. The maximum atomic E-state index is 13.2. The van der Waals surface area contributed by atoms with Crippen molar-refractivity contribution in [3.63, 3.8) is 0 Å². The van der Waals surface area contributed by atoms with E-state index < -0.39 is 21.4 Å². The van der Waals surface area contributed by atoms with Gasteiger partial charge in [0, 0.05) is 29.6 Å². The molecule has 0 amide bonds. The first-order chi connectivity index (χ1) is 10.9. The summed E-state index contributed by atoms with van der Waals surface area (Å²) in [6.07, 6.45) is 0. The standard InChI is InChI=1S/C13H9FN4O4S/c14-11-6-3-9(7-12(11)18(21)22)16-13(23)15-8-1-4-10(5-2-8)17(19)20/h1-7H,(H2,15,16,23). The van der Waals surface area contributed by atoms with Crippen LogP contribution < -0.4 is 10.6 Å². The molecule has 0 saturated heterocycles. The van der Waals surface area contributed by atoms with Gasteiger partial charge in [-0.15, -0.1) is 0 Å². The first kappa shape index (κ1) is 16.2. The van der Waals surface area contributed by atoms with Crippen LogP contribution in [0.1, 0.15) is 0 Å². The zero-order valence-corrected chi connectivity index (χ0v) is 12.2. The molecule has 0 fully saturated rings. The van der Waals surface area contributed by atoms with Crippen molar-refractivity contribution in [3.05, 3.63) is 68.5 Å². The molecule has 0 bridgehead atoms. The largest absolute Gasteiger partial charge is 0.332 e. The molecular formula is C13H9FN4O4S. The number of benzene rings is 2. The van der Waals surface area contributed by atoms with Crippen LogP contribution in [0.4, 0.5) is 27.1 Å². The van der Waals surface area contributed by atoms with Gasteiger partial charge in [-0.25, -0.2) is 0 Å². The highest BCUT2D eigenvalue weighted by Gasteiger charge is 2.14. The van der Waals surface area contributed by atoms with Crippen LogP contribution in [-0.4, -0.2) is 15.0 Å². The Balaban J connectivity index is 2.06. The van der Waals surface area contributed by atoms with Crippen molar-refractivity contribution < 1.29 is 14.2 Å². The van der Waals surface area contributed by atoms with Crippen molar-refractivity contribution in [2.45, 2.75) is 0 Å². The average molecular weight is 336 g/mol. The Hall–Kier alpha value is -3.14. The lowest BCUT2D eigenvalue weighted by molar-refractivity contribution is -0.387. The first-order valence-electron chi connectivity index (χ1n) is 6.13. The van der Waals surface area contributed by atoms with Crippen LogP contribution in [0.25, 0.3) is 0 Å². The molecule has 8 nitrogen and oxygen atoms in total. The number of hydrogen-bond acceptors (Lipinski definition) is 5. The summed E-state index contributed by atoms with van der Waals surface area (Å²) in [5.74, 6) is -0.949. The van der Waals surface area contributed by atoms with Crippen LogP contribution in [0.5, 0.6) is 0 Å². The quantitative estimate of drug-likeness (QED) is 0.500. The highest BCUT2D eigenvalue weighted by atomic mass is 32.1. The number of nitro groups is 2. The summed E-state index contributed by atoms with van der Waals surface area (Å²) in [4.78, 5) is 19.9. The van der Waals surface area contributed by atoms with Gasteiger partial charge in [-0.2, -0.15) is 4.39 Å². The van der Waals surface area contributed by atoms with E-state index in [1.165, 1.54) is 30.3 Å². The maximum Gasteiger partial charge on any atom is 0.306 e. The number of nitro benzene ring substituents is 2. The summed E-state index contributed by atoms with van der Waals surface area (Å²) in [5, 5.41) is 26.7. The SMILES string of the molecule is O=[N+]([O-])c1ccc(NC(=S)Nc2ccc(F)c([N+](=O)[O-])c2)cc1. The van der Waals surface area contributed by atoms with E-state index in [1.54, 1.807) is 0 Å². The lowest BCUT2D eigenvalue weighted by Crippen LogP contribution is -2.19. The molecule has 0 spiro atoms. The van der Waals surface area contributed by atoms with Gasteiger partial charge in [-0.3, -0.25) is 20.2 Å². The van der Waals surface area contributed by atoms with E-state index in [-0.39, 0.29) is 16.5 Å². The molecule has 0 aliphatic rings. The third-order valence-corrected chi connectivity index (χ3v) is 2.94. The fraction of sp³-hybridized carbons (Fsp3) is 0. The minimum absolute atomic E-state index is 0.0661. The van der Waals surface area contributed by atoms with Gasteiger partial charge in [0.25, 0.3) is 5.69 Å². The van der Waals surface area contributed by atoms with Gasteiger partial charge in [0.2, 0.25) is 5.82 Å². The monoisotopic (exact) mass is 336 g/mol. The van der Waals surface area contributed by atoms with Crippen molar-refractivity contribution in [1.82, 2.24) is 0 Å². The molecule has 2 N–H and O–H groups in total. The molecule has 118 valence electrons. The molecule has 0 heterocycles. The molecule has 23 heavy (non-hydrogen) atoms. The molecule has 2 rings (SSSR count). The van der Waals surface area contributed by atoms with Crippen LogP contribution >= 0.6 is 12.2 Å². The molecule has 10 heteroatoms. The topological polar surface area (TPSA) is 110 Å². The molecule has 0 saturated carbocycles. The van der Waals surface area contributed by atoms with E-state index in [0.717, 1.165) is 12.1 Å². The van der Waals surface area contributed by atoms with Crippen molar-refractivity contribution in [3.8, 4) is 0 Å². The fourth-order valence-electron chi connectivity index (χ4n) is 1.69. The molecule has 0 radical (unpaired) electrons. The highest BCUT2D eigenvalue weighted by Crippen LogP contribution is 2.22. The van der Waals surface area contributed by atoms with Crippen LogP contribution in [0, 0.1) is 26.0 Å². The summed E-state index contributed by atoms with van der Waals surface area (Å²) in [6, 6.07) is 8.78.